The summed E-state index contributed by atoms with van der Waals surface area (Å²) in [6.07, 6.45) is 6.90. The first kappa shape index (κ1) is 14.0. The summed E-state index contributed by atoms with van der Waals surface area (Å²) in [6.45, 7) is 1.69. The van der Waals surface area contributed by atoms with Crippen LogP contribution in [0.25, 0.3) is 0 Å². The zero-order valence-electron chi connectivity index (χ0n) is 11.8. The largest absolute Gasteiger partial charge is 0.339 e. The van der Waals surface area contributed by atoms with Crippen LogP contribution in [0, 0.1) is 12.7 Å². The number of amides is 1. The van der Waals surface area contributed by atoms with Crippen LogP contribution in [0.4, 0.5) is 4.39 Å². The molecule has 0 aromatic heterocycles. The molecule has 1 saturated carbocycles. The Morgan fingerprint density at radius 1 is 1.21 bits per heavy atom. The van der Waals surface area contributed by atoms with Crippen molar-refractivity contribution >= 4 is 5.91 Å². The van der Waals surface area contributed by atoms with Crippen molar-refractivity contribution in [1.82, 2.24) is 4.90 Å². The summed E-state index contributed by atoms with van der Waals surface area (Å²) in [6, 6.07) is 5.28. The fourth-order valence-electron chi connectivity index (χ4n) is 2.81. The number of rotatable bonds is 2. The number of aryl methyl sites for hydroxylation is 1. The van der Waals surface area contributed by atoms with Gasteiger partial charge in [0.05, 0.1) is 5.56 Å². The molecule has 0 N–H and O–H groups in total. The minimum Gasteiger partial charge on any atom is -0.339 e. The first-order chi connectivity index (χ1) is 9.11. The van der Waals surface area contributed by atoms with Crippen molar-refractivity contribution in [1.29, 1.82) is 0 Å². The third-order valence-corrected chi connectivity index (χ3v) is 4.11. The average molecular weight is 263 g/mol. The van der Waals surface area contributed by atoms with Gasteiger partial charge in [-0.1, -0.05) is 37.8 Å². The smallest absolute Gasteiger partial charge is 0.256 e. The first-order valence-electron chi connectivity index (χ1n) is 7.13. The predicted octanol–water partition coefficient (Wildman–Crippen LogP) is 3.93. The van der Waals surface area contributed by atoms with Gasteiger partial charge in [-0.25, -0.2) is 4.39 Å². The van der Waals surface area contributed by atoms with Gasteiger partial charge < -0.3 is 4.90 Å². The van der Waals surface area contributed by atoms with Crippen LogP contribution >= 0.6 is 0 Å². The van der Waals surface area contributed by atoms with E-state index >= 15 is 0 Å². The molecular weight excluding hydrogens is 241 g/mol. The van der Waals surface area contributed by atoms with Gasteiger partial charge in [0.2, 0.25) is 0 Å². The van der Waals surface area contributed by atoms with E-state index in [0.717, 1.165) is 12.8 Å². The Morgan fingerprint density at radius 2 is 1.84 bits per heavy atom. The molecule has 1 amide bonds. The van der Waals surface area contributed by atoms with Crippen LogP contribution in [0.3, 0.4) is 0 Å². The van der Waals surface area contributed by atoms with Crippen LogP contribution in [0.1, 0.15) is 54.4 Å². The quantitative estimate of drug-likeness (QED) is 0.740. The van der Waals surface area contributed by atoms with E-state index in [-0.39, 0.29) is 23.3 Å². The topological polar surface area (TPSA) is 20.3 Å². The van der Waals surface area contributed by atoms with Crippen molar-refractivity contribution in [3.63, 3.8) is 0 Å². The molecule has 0 radical (unpaired) electrons. The van der Waals surface area contributed by atoms with Crippen LogP contribution in [0.15, 0.2) is 18.2 Å². The Labute approximate surface area is 114 Å². The summed E-state index contributed by atoms with van der Waals surface area (Å²) < 4.78 is 14.0. The standard InChI is InChI=1S/C16H22FNO/c1-12-8-7-11-14(15(12)17)16(19)18(2)13-9-5-3-4-6-10-13/h7-8,11,13H,3-6,9-10H2,1-2H3. The lowest BCUT2D eigenvalue weighted by Crippen LogP contribution is -2.37. The maximum absolute atomic E-state index is 14.0. The molecule has 1 aromatic rings. The lowest BCUT2D eigenvalue weighted by Gasteiger charge is -2.27. The third kappa shape index (κ3) is 3.14. The fourth-order valence-corrected chi connectivity index (χ4v) is 2.81. The van der Waals surface area contributed by atoms with E-state index in [1.807, 2.05) is 0 Å². The van der Waals surface area contributed by atoms with Crippen molar-refractivity contribution in [3.8, 4) is 0 Å². The summed E-state index contributed by atoms with van der Waals surface area (Å²) in [5.74, 6) is -0.568. The molecule has 3 heteroatoms. The second-order valence-electron chi connectivity index (χ2n) is 5.50. The molecule has 1 aliphatic carbocycles. The third-order valence-electron chi connectivity index (χ3n) is 4.11. The summed E-state index contributed by atoms with van der Waals surface area (Å²) in [7, 11) is 1.81. The minimum atomic E-state index is -0.382. The average Bonchev–Trinajstić information content (AvgIpc) is 2.69. The van der Waals surface area contributed by atoms with E-state index in [1.54, 1.807) is 37.1 Å². The molecule has 104 valence electrons. The summed E-state index contributed by atoms with van der Waals surface area (Å²) in [4.78, 5) is 14.2. The van der Waals surface area contributed by atoms with Gasteiger partial charge in [-0.15, -0.1) is 0 Å². The molecular formula is C16H22FNO. The Bertz CT molecular complexity index is 450. The Morgan fingerprint density at radius 3 is 2.47 bits per heavy atom. The van der Waals surface area contributed by atoms with Crippen molar-refractivity contribution in [3.05, 3.63) is 35.1 Å². The van der Waals surface area contributed by atoms with Crippen LogP contribution < -0.4 is 0 Å². The zero-order valence-corrected chi connectivity index (χ0v) is 11.8. The molecule has 19 heavy (non-hydrogen) atoms. The number of carbonyl (C=O) groups excluding carboxylic acids is 1. The second kappa shape index (κ2) is 6.18. The molecule has 1 aromatic carbocycles. The number of nitrogens with zero attached hydrogens (tertiary/aromatic N) is 1. The molecule has 0 atom stereocenters. The lowest BCUT2D eigenvalue weighted by molar-refractivity contribution is 0.0713. The highest BCUT2D eigenvalue weighted by atomic mass is 19.1. The van der Waals surface area contributed by atoms with Crippen LogP contribution in [0.5, 0.6) is 0 Å². The van der Waals surface area contributed by atoms with Gasteiger partial charge in [0.15, 0.2) is 0 Å². The molecule has 0 saturated heterocycles. The Balaban J connectivity index is 2.15. The lowest BCUT2D eigenvalue weighted by atomic mass is 10.0. The summed E-state index contributed by atoms with van der Waals surface area (Å²) in [5.41, 5.74) is 0.729. The highest BCUT2D eigenvalue weighted by Gasteiger charge is 2.24. The predicted molar refractivity (Wildman–Crippen MR) is 74.7 cm³/mol. The SMILES string of the molecule is Cc1cccc(C(=O)N(C)C2CCCCCC2)c1F. The van der Waals surface area contributed by atoms with Crippen molar-refractivity contribution in [2.24, 2.45) is 0 Å². The molecule has 1 fully saturated rings. The molecule has 0 spiro atoms. The van der Waals surface area contributed by atoms with Gasteiger partial charge in [0.1, 0.15) is 5.82 Å². The van der Waals surface area contributed by atoms with Gasteiger partial charge in [0.25, 0.3) is 5.91 Å². The molecule has 1 aliphatic rings. The van der Waals surface area contributed by atoms with Gasteiger partial charge in [-0.2, -0.15) is 0 Å². The van der Waals surface area contributed by atoms with Crippen molar-refractivity contribution in [2.75, 3.05) is 7.05 Å². The maximum atomic E-state index is 14.0. The molecule has 0 aliphatic heterocycles. The van der Waals surface area contributed by atoms with E-state index in [4.69, 9.17) is 0 Å². The monoisotopic (exact) mass is 263 g/mol. The number of carbonyl (C=O) groups is 1. The molecule has 2 nitrogen and oxygen atoms in total. The zero-order chi connectivity index (χ0) is 13.8. The van der Waals surface area contributed by atoms with E-state index < -0.39 is 0 Å². The Kier molecular flexibility index (Phi) is 4.56. The van der Waals surface area contributed by atoms with E-state index in [1.165, 1.54) is 25.7 Å². The Hall–Kier alpha value is -1.38. The molecule has 0 bridgehead atoms. The van der Waals surface area contributed by atoms with Crippen LogP contribution in [0.2, 0.25) is 0 Å². The number of benzene rings is 1. The van der Waals surface area contributed by atoms with Gasteiger partial charge >= 0.3 is 0 Å². The minimum absolute atomic E-state index is 0.187. The van der Waals surface area contributed by atoms with Gasteiger partial charge in [-0.3, -0.25) is 4.79 Å². The van der Waals surface area contributed by atoms with Crippen molar-refractivity contribution in [2.45, 2.75) is 51.5 Å². The van der Waals surface area contributed by atoms with E-state index in [9.17, 15) is 9.18 Å². The van der Waals surface area contributed by atoms with Gasteiger partial charge in [0, 0.05) is 13.1 Å². The number of halogens is 1. The fraction of sp³-hybridized carbons (Fsp3) is 0.562. The summed E-state index contributed by atoms with van der Waals surface area (Å²) in [5, 5.41) is 0. The maximum Gasteiger partial charge on any atom is 0.256 e. The van der Waals surface area contributed by atoms with Crippen LogP contribution in [-0.2, 0) is 0 Å². The van der Waals surface area contributed by atoms with Crippen molar-refractivity contribution < 1.29 is 9.18 Å². The van der Waals surface area contributed by atoms with Crippen LogP contribution in [-0.4, -0.2) is 23.9 Å². The first-order valence-corrected chi connectivity index (χ1v) is 7.13. The van der Waals surface area contributed by atoms with E-state index in [2.05, 4.69) is 0 Å². The highest BCUT2D eigenvalue weighted by molar-refractivity contribution is 5.94. The summed E-state index contributed by atoms with van der Waals surface area (Å²) >= 11 is 0. The van der Waals surface area contributed by atoms with Gasteiger partial charge in [-0.05, 0) is 31.4 Å². The molecule has 0 unspecified atom stereocenters. The van der Waals surface area contributed by atoms with E-state index in [0.29, 0.717) is 5.56 Å². The molecule has 0 heterocycles. The number of hydrogen-bond acceptors (Lipinski definition) is 1. The molecule has 2 rings (SSSR count). The number of hydrogen-bond donors (Lipinski definition) is 0. The second-order valence-corrected chi connectivity index (χ2v) is 5.50. The normalized spacial score (nSPS) is 17.0. The highest BCUT2D eigenvalue weighted by Crippen LogP contribution is 2.23.